The van der Waals surface area contributed by atoms with Crippen molar-refractivity contribution >= 4 is 10.0 Å². The van der Waals surface area contributed by atoms with Gasteiger partial charge in [0.2, 0.25) is 10.0 Å². The molecule has 0 bridgehead atoms. The molecular weight excluding hydrogens is 288 g/mol. The van der Waals surface area contributed by atoms with E-state index < -0.39 is 10.0 Å². The highest BCUT2D eigenvalue weighted by Crippen LogP contribution is 2.51. The van der Waals surface area contributed by atoms with Gasteiger partial charge in [0.05, 0.1) is 11.9 Å². The Labute approximate surface area is 129 Å². The first-order valence-electron chi connectivity index (χ1n) is 8.17. The highest BCUT2D eigenvalue weighted by atomic mass is 32.2. The Morgan fingerprint density at radius 3 is 2.57 bits per heavy atom. The van der Waals surface area contributed by atoms with Crippen LogP contribution < -0.4 is 5.32 Å². The van der Waals surface area contributed by atoms with Gasteiger partial charge >= 0.3 is 0 Å². The van der Waals surface area contributed by atoms with Gasteiger partial charge in [-0.3, -0.25) is 0 Å². The van der Waals surface area contributed by atoms with Crippen molar-refractivity contribution in [3.63, 3.8) is 0 Å². The minimum absolute atomic E-state index is 0.101. The molecule has 0 spiro atoms. The van der Waals surface area contributed by atoms with Crippen LogP contribution in [0.1, 0.15) is 40.5 Å². The molecule has 3 atom stereocenters. The second-order valence-electron chi connectivity index (χ2n) is 6.75. The molecule has 2 aliphatic rings. The number of nitrogens with one attached hydrogen (secondary N) is 1. The van der Waals surface area contributed by atoms with Gasteiger partial charge in [-0.05, 0) is 12.8 Å². The normalized spacial score (nSPS) is 31.8. The molecule has 0 aromatic rings. The highest BCUT2D eigenvalue weighted by Gasteiger charge is 2.57. The molecule has 1 saturated carbocycles. The Morgan fingerprint density at radius 2 is 1.95 bits per heavy atom. The van der Waals surface area contributed by atoms with Crippen LogP contribution in [0.15, 0.2) is 0 Å². The quantitative estimate of drug-likeness (QED) is 0.772. The van der Waals surface area contributed by atoms with Crippen LogP contribution in [0, 0.1) is 11.3 Å². The number of hydrogen-bond acceptors (Lipinski definition) is 4. The number of nitrogens with zero attached hydrogens (tertiary/aromatic N) is 1. The second-order valence-corrected chi connectivity index (χ2v) is 8.84. The Balaban J connectivity index is 1.86. The topological polar surface area (TPSA) is 58.6 Å². The van der Waals surface area contributed by atoms with Crippen LogP contribution in [0.5, 0.6) is 0 Å². The fraction of sp³-hybridized carbons (Fsp3) is 1.00. The molecule has 0 aromatic carbocycles. The van der Waals surface area contributed by atoms with Gasteiger partial charge in [-0.1, -0.05) is 27.7 Å². The summed E-state index contributed by atoms with van der Waals surface area (Å²) in [6.07, 6.45) is 2.64. The maximum atomic E-state index is 12.2. The summed E-state index contributed by atoms with van der Waals surface area (Å²) in [5.41, 5.74) is 0.101. The number of rotatable bonds is 7. The largest absolute Gasteiger partial charge is 0.377 e. The summed E-state index contributed by atoms with van der Waals surface area (Å²) in [7, 11) is -3.13. The second kappa shape index (κ2) is 6.52. The van der Waals surface area contributed by atoms with E-state index in [2.05, 4.69) is 19.2 Å². The van der Waals surface area contributed by atoms with Crippen LogP contribution in [-0.2, 0) is 14.8 Å². The average Bonchev–Trinajstić information content (AvgIpc) is 2.44. The molecule has 0 radical (unpaired) electrons. The van der Waals surface area contributed by atoms with Crippen LogP contribution in [0.2, 0.25) is 0 Å². The third-order valence-corrected chi connectivity index (χ3v) is 7.18. The van der Waals surface area contributed by atoms with E-state index in [9.17, 15) is 8.42 Å². The summed E-state index contributed by atoms with van der Waals surface area (Å²) in [5.74, 6) is 0.726. The fourth-order valence-corrected chi connectivity index (χ4v) is 5.45. The van der Waals surface area contributed by atoms with E-state index in [-0.39, 0.29) is 11.2 Å². The predicted molar refractivity (Wildman–Crippen MR) is 84.7 cm³/mol. The molecule has 0 unspecified atom stereocenters. The van der Waals surface area contributed by atoms with Crippen LogP contribution in [0.3, 0.4) is 0 Å². The zero-order valence-corrected chi connectivity index (χ0v) is 14.6. The van der Waals surface area contributed by atoms with Crippen LogP contribution >= 0.6 is 0 Å². The Bertz CT molecular complexity index is 446. The Kier molecular flexibility index (Phi) is 5.34. The van der Waals surface area contributed by atoms with Crippen molar-refractivity contribution in [2.75, 3.05) is 32.0 Å². The summed E-state index contributed by atoms with van der Waals surface area (Å²) in [6, 6.07) is 0.370. The maximum Gasteiger partial charge on any atom is 0.215 e. The zero-order chi connectivity index (χ0) is 15.7. The number of ether oxygens (including phenoxy) is 1. The minimum atomic E-state index is -3.13. The van der Waals surface area contributed by atoms with Gasteiger partial charge in [-0.2, -0.15) is 0 Å². The number of hydrogen-bond donors (Lipinski definition) is 1. The lowest BCUT2D eigenvalue weighted by molar-refractivity contribution is -0.192. The smallest absolute Gasteiger partial charge is 0.215 e. The SMILES string of the molecule is CCN(CC)S(=O)(=O)CCN[C@@H]1[C@H]2CCCO[C@@H]2C1(C)C. The van der Waals surface area contributed by atoms with Crippen LogP contribution in [-0.4, -0.2) is 56.9 Å². The number of fused-ring (bicyclic) bond motifs is 1. The molecule has 124 valence electrons. The van der Waals surface area contributed by atoms with Gasteiger partial charge in [0.1, 0.15) is 0 Å². The van der Waals surface area contributed by atoms with Crippen molar-refractivity contribution in [1.29, 1.82) is 0 Å². The van der Waals surface area contributed by atoms with Gasteiger partial charge < -0.3 is 10.1 Å². The molecular formula is C15H30N2O3S. The standard InChI is InChI=1S/C15H30N2O3S/c1-5-17(6-2)21(18,19)11-9-16-13-12-8-7-10-20-14(12)15(13,3)4/h12-14,16H,5-11H2,1-4H3/t12-,13-,14+/m1/s1. The Morgan fingerprint density at radius 1 is 1.29 bits per heavy atom. The molecule has 1 saturated heterocycles. The van der Waals surface area contributed by atoms with Crippen molar-refractivity contribution in [3.8, 4) is 0 Å². The van der Waals surface area contributed by atoms with E-state index >= 15 is 0 Å². The highest BCUT2D eigenvalue weighted by molar-refractivity contribution is 7.89. The monoisotopic (exact) mass is 318 g/mol. The van der Waals surface area contributed by atoms with Gasteiger partial charge in [0.15, 0.2) is 0 Å². The van der Waals surface area contributed by atoms with Crippen molar-refractivity contribution in [3.05, 3.63) is 0 Å². The van der Waals surface area contributed by atoms with E-state index in [1.54, 1.807) is 0 Å². The lowest BCUT2D eigenvalue weighted by Gasteiger charge is -2.60. The summed E-state index contributed by atoms with van der Waals surface area (Å²) in [4.78, 5) is 0. The maximum absolute atomic E-state index is 12.2. The van der Waals surface area contributed by atoms with Crippen molar-refractivity contribution < 1.29 is 13.2 Å². The molecule has 5 nitrogen and oxygen atoms in total. The van der Waals surface area contributed by atoms with Gasteiger partial charge in [0.25, 0.3) is 0 Å². The fourth-order valence-electron chi connectivity index (χ4n) is 4.03. The van der Waals surface area contributed by atoms with Crippen LogP contribution in [0.4, 0.5) is 0 Å². The molecule has 2 rings (SSSR count). The van der Waals surface area contributed by atoms with Crippen molar-refractivity contribution in [1.82, 2.24) is 9.62 Å². The molecule has 1 N–H and O–H groups in total. The van der Waals surface area contributed by atoms with E-state index in [0.717, 1.165) is 13.0 Å². The molecule has 0 amide bonds. The van der Waals surface area contributed by atoms with E-state index in [0.29, 0.717) is 37.7 Å². The molecule has 2 fully saturated rings. The average molecular weight is 318 g/mol. The molecule has 21 heavy (non-hydrogen) atoms. The van der Waals surface area contributed by atoms with Gasteiger partial charge in [-0.25, -0.2) is 12.7 Å². The van der Waals surface area contributed by atoms with E-state index in [1.165, 1.54) is 10.7 Å². The van der Waals surface area contributed by atoms with Crippen molar-refractivity contribution in [2.24, 2.45) is 11.3 Å². The van der Waals surface area contributed by atoms with Gasteiger partial charge in [-0.15, -0.1) is 0 Å². The summed E-state index contributed by atoms with van der Waals surface area (Å²) < 4.78 is 31.8. The Hall–Kier alpha value is -0.170. The summed E-state index contributed by atoms with van der Waals surface area (Å²) in [5, 5.41) is 3.48. The molecule has 1 aliphatic carbocycles. The van der Waals surface area contributed by atoms with E-state index in [4.69, 9.17) is 4.74 Å². The number of sulfonamides is 1. The van der Waals surface area contributed by atoms with Crippen LogP contribution in [0.25, 0.3) is 0 Å². The first-order valence-corrected chi connectivity index (χ1v) is 9.78. The third kappa shape index (κ3) is 3.28. The summed E-state index contributed by atoms with van der Waals surface area (Å²) >= 11 is 0. The predicted octanol–water partition coefficient (Wildman–Crippen LogP) is 1.45. The summed E-state index contributed by atoms with van der Waals surface area (Å²) in [6.45, 7) is 10.7. The van der Waals surface area contributed by atoms with E-state index in [1.807, 2.05) is 13.8 Å². The minimum Gasteiger partial charge on any atom is -0.377 e. The molecule has 0 aromatic heterocycles. The van der Waals surface area contributed by atoms with Gasteiger partial charge in [0, 0.05) is 43.6 Å². The third-order valence-electron chi connectivity index (χ3n) is 5.15. The lowest BCUT2D eigenvalue weighted by Crippen LogP contribution is -2.69. The first-order chi connectivity index (χ1) is 9.84. The molecule has 1 aliphatic heterocycles. The zero-order valence-electron chi connectivity index (χ0n) is 13.8. The first kappa shape index (κ1) is 17.2. The molecule has 6 heteroatoms. The molecule has 1 heterocycles. The lowest BCUT2D eigenvalue weighted by atomic mass is 9.55. The van der Waals surface area contributed by atoms with Crippen molar-refractivity contribution in [2.45, 2.75) is 52.7 Å².